The minimum Gasteiger partial charge on any atom is -0.354 e. The molecule has 3 N–H and O–H groups in total. The topological polar surface area (TPSA) is 86.9 Å². The van der Waals surface area contributed by atoms with Crippen LogP contribution in [0.2, 0.25) is 5.02 Å². The number of amides is 2. The highest BCUT2D eigenvalue weighted by Gasteiger charge is 2.24. The Bertz CT molecular complexity index is 696. The summed E-state index contributed by atoms with van der Waals surface area (Å²) in [6.45, 7) is 0.663. The molecule has 0 bridgehead atoms. The summed E-state index contributed by atoms with van der Waals surface area (Å²) >= 11 is 5.85. The van der Waals surface area contributed by atoms with Gasteiger partial charge in [-0.3, -0.25) is 14.7 Å². The Balaban J connectivity index is 1.71. The van der Waals surface area contributed by atoms with E-state index in [1.807, 2.05) is 12.1 Å². The zero-order valence-corrected chi connectivity index (χ0v) is 12.5. The summed E-state index contributed by atoms with van der Waals surface area (Å²) in [5, 5.41) is 12.9. The van der Waals surface area contributed by atoms with Gasteiger partial charge in [-0.25, -0.2) is 0 Å². The molecule has 2 heterocycles. The van der Waals surface area contributed by atoms with Crippen molar-refractivity contribution >= 4 is 23.4 Å². The molecule has 6 nitrogen and oxygen atoms in total. The van der Waals surface area contributed by atoms with Gasteiger partial charge in [0.1, 0.15) is 11.7 Å². The van der Waals surface area contributed by atoms with Crippen LogP contribution in [0.25, 0.3) is 11.3 Å². The number of halogens is 1. The smallest absolute Gasteiger partial charge is 0.269 e. The van der Waals surface area contributed by atoms with E-state index < -0.39 is 6.04 Å². The second kappa shape index (κ2) is 6.19. The first-order valence-electron chi connectivity index (χ1n) is 7.03. The van der Waals surface area contributed by atoms with Crippen molar-refractivity contribution in [3.05, 3.63) is 41.0 Å². The van der Waals surface area contributed by atoms with Crippen molar-refractivity contribution in [3.63, 3.8) is 0 Å². The van der Waals surface area contributed by atoms with Crippen LogP contribution in [0.1, 0.15) is 23.3 Å². The van der Waals surface area contributed by atoms with Crippen molar-refractivity contribution in [3.8, 4) is 11.3 Å². The Morgan fingerprint density at radius 2 is 2.09 bits per heavy atom. The van der Waals surface area contributed by atoms with Crippen LogP contribution in [0.4, 0.5) is 0 Å². The quantitative estimate of drug-likeness (QED) is 0.805. The van der Waals surface area contributed by atoms with E-state index in [0.29, 0.717) is 29.4 Å². The summed E-state index contributed by atoms with van der Waals surface area (Å²) in [5.41, 5.74) is 1.83. The van der Waals surface area contributed by atoms with Gasteiger partial charge in [0.25, 0.3) is 5.91 Å². The van der Waals surface area contributed by atoms with Crippen molar-refractivity contribution in [2.24, 2.45) is 0 Å². The third-order valence-corrected chi connectivity index (χ3v) is 3.81. The Labute approximate surface area is 132 Å². The number of benzene rings is 1. The molecule has 1 aliphatic heterocycles. The van der Waals surface area contributed by atoms with E-state index >= 15 is 0 Å². The number of hydrogen-bond acceptors (Lipinski definition) is 3. The molecule has 1 unspecified atom stereocenters. The van der Waals surface area contributed by atoms with E-state index in [9.17, 15) is 9.59 Å². The summed E-state index contributed by atoms with van der Waals surface area (Å²) in [6, 6.07) is 8.35. The molecular weight excluding hydrogens is 304 g/mol. The van der Waals surface area contributed by atoms with Crippen LogP contribution in [0, 0.1) is 0 Å². The number of aromatic amines is 1. The molecule has 1 aromatic heterocycles. The molecule has 1 saturated heterocycles. The first-order chi connectivity index (χ1) is 10.6. The number of piperidine rings is 1. The molecule has 2 aromatic rings. The number of aromatic nitrogens is 2. The van der Waals surface area contributed by atoms with E-state index in [1.54, 1.807) is 18.2 Å². The molecule has 3 rings (SSSR count). The van der Waals surface area contributed by atoms with E-state index in [0.717, 1.165) is 12.0 Å². The number of H-pyrrole nitrogens is 1. The van der Waals surface area contributed by atoms with Crippen LogP contribution in [0.3, 0.4) is 0 Å². The summed E-state index contributed by atoms with van der Waals surface area (Å²) in [6.07, 6.45) is 1.51. The lowest BCUT2D eigenvalue weighted by Crippen LogP contribution is -2.50. The Hall–Kier alpha value is -2.34. The van der Waals surface area contributed by atoms with Crippen molar-refractivity contribution in [2.75, 3.05) is 6.54 Å². The maximum absolute atomic E-state index is 12.2. The van der Waals surface area contributed by atoms with E-state index in [1.165, 1.54) is 0 Å². The third kappa shape index (κ3) is 3.12. The maximum Gasteiger partial charge on any atom is 0.269 e. The Kier molecular flexibility index (Phi) is 4.11. The van der Waals surface area contributed by atoms with Gasteiger partial charge in [-0.1, -0.05) is 23.7 Å². The number of nitrogens with one attached hydrogen (secondary N) is 3. The lowest BCUT2D eigenvalue weighted by Gasteiger charge is -2.22. The van der Waals surface area contributed by atoms with Crippen LogP contribution < -0.4 is 10.6 Å². The van der Waals surface area contributed by atoms with Crippen molar-refractivity contribution in [1.29, 1.82) is 0 Å². The summed E-state index contributed by atoms with van der Waals surface area (Å²) in [7, 11) is 0. The largest absolute Gasteiger partial charge is 0.354 e. The second-order valence-corrected chi connectivity index (χ2v) is 5.57. The van der Waals surface area contributed by atoms with Gasteiger partial charge < -0.3 is 10.6 Å². The molecule has 1 fully saturated rings. The van der Waals surface area contributed by atoms with E-state index in [4.69, 9.17) is 11.6 Å². The van der Waals surface area contributed by atoms with Gasteiger partial charge in [0.05, 0.1) is 5.69 Å². The van der Waals surface area contributed by atoms with Gasteiger partial charge in [0.2, 0.25) is 5.91 Å². The number of carbonyl (C=O) groups is 2. The lowest BCUT2D eigenvalue weighted by molar-refractivity contribution is -0.124. The SMILES string of the molecule is O=C(NC1CCCNC1=O)c1cc(-c2ccc(Cl)cc2)n[nH]1. The molecule has 22 heavy (non-hydrogen) atoms. The highest BCUT2D eigenvalue weighted by atomic mass is 35.5. The van der Waals surface area contributed by atoms with Crippen LogP contribution in [-0.2, 0) is 4.79 Å². The van der Waals surface area contributed by atoms with Crippen LogP contribution >= 0.6 is 11.6 Å². The first kappa shape index (κ1) is 14.6. The standard InChI is InChI=1S/C15H15ClN4O2/c16-10-5-3-9(4-6-10)12-8-13(20-19-12)15(22)18-11-2-1-7-17-14(11)21/h3-6,8,11H,1-2,7H2,(H,17,21)(H,18,22)(H,19,20). The fourth-order valence-electron chi connectivity index (χ4n) is 2.35. The monoisotopic (exact) mass is 318 g/mol. The van der Waals surface area contributed by atoms with Gasteiger partial charge in [0, 0.05) is 17.1 Å². The lowest BCUT2D eigenvalue weighted by atomic mass is 10.1. The number of rotatable bonds is 3. The Morgan fingerprint density at radius 1 is 1.32 bits per heavy atom. The number of carbonyl (C=O) groups excluding carboxylic acids is 2. The summed E-state index contributed by atoms with van der Waals surface area (Å²) in [4.78, 5) is 23.8. The molecule has 2 amide bonds. The van der Waals surface area contributed by atoms with Crippen molar-refractivity contribution in [1.82, 2.24) is 20.8 Å². The molecule has 114 valence electrons. The van der Waals surface area contributed by atoms with E-state index in [-0.39, 0.29) is 11.8 Å². The molecule has 1 atom stereocenters. The molecule has 0 saturated carbocycles. The van der Waals surface area contributed by atoms with Gasteiger partial charge in [-0.05, 0) is 31.0 Å². The normalized spacial score (nSPS) is 17.9. The predicted molar refractivity (Wildman–Crippen MR) is 82.5 cm³/mol. The molecule has 0 aliphatic carbocycles. The summed E-state index contributed by atoms with van der Waals surface area (Å²) < 4.78 is 0. The van der Waals surface area contributed by atoms with Gasteiger partial charge in [-0.15, -0.1) is 0 Å². The zero-order valence-electron chi connectivity index (χ0n) is 11.7. The molecule has 0 spiro atoms. The molecule has 0 radical (unpaired) electrons. The van der Waals surface area contributed by atoms with Crippen LogP contribution in [-0.4, -0.2) is 34.6 Å². The van der Waals surface area contributed by atoms with E-state index in [2.05, 4.69) is 20.8 Å². The number of nitrogens with zero attached hydrogens (tertiary/aromatic N) is 1. The van der Waals surface area contributed by atoms with Crippen LogP contribution in [0.5, 0.6) is 0 Å². The average molecular weight is 319 g/mol. The van der Waals surface area contributed by atoms with Gasteiger partial charge >= 0.3 is 0 Å². The highest BCUT2D eigenvalue weighted by molar-refractivity contribution is 6.30. The average Bonchev–Trinajstić information content (AvgIpc) is 3.00. The van der Waals surface area contributed by atoms with Crippen molar-refractivity contribution < 1.29 is 9.59 Å². The number of hydrogen-bond donors (Lipinski definition) is 3. The molecule has 7 heteroatoms. The minimum atomic E-state index is -0.483. The molecule has 1 aromatic carbocycles. The third-order valence-electron chi connectivity index (χ3n) is 3.55. The van der Waals surface area contributed by atoms with Crippen LogP contribution in [0.15, 0.2) is 30.3 Å². The molecular formula is C15H15ClN4O2. The fourth-order valence-corrected chi connectivity index (χ4v) is 2.48. The summed E-state index contributed by atoms with van der Waals surface area (Å²) in [5.74, 6) is -0.480. The fraction of sp³-hybridized carbons (Fsp3) is 0.267. The predicted octanol–water partition coefficient (Wildman–Crippen LogP) is 1.74. The minimum absolute atomic E-state index is 0.142. The highest BCUT2D eigenvalue weighted by Crippen LogP contribution is 2.20. The Morgan fingerprint density at radius 3 is 2.82 bits per heavy atom. The van der Waals surface area contributed by atoms with Gasteiger partial charge in [-0.2, -0.15) is 5.10 Å². The second-order valence-electron chi connectivity index (χ2n) is 5.13. The molecule has 1 aliphatic rings. The maximum atomic E-state index is 12.2. The van der Waals surface area contributed by atoms with Crippen molar-refractivity contribution in [2.45, 2.75) is 18.9 Å². The zero-order chi connectivity index (χ0) is 15.5. The van der Waals surface area contributed by atoms with Gasteiger partial charge in [0.15, 0.2) is 0 Å². The first-order valence-corrected chi connectivity index (χ1v) is 7.41.